The lowest BCUT2D eigenvalue weighted by Gasteiger charge is -2.31. The van der Waals surface area contributed by atoms with Crippen LogP contribution < -0.4 is 15.1 Å². The van der Waals surface area contributed by atoms with Gasteiger partial charge in [0.25, 0.3) is 0 Å². The lowest BCUT2D eigenvalue weighted by molar-refractivity contribution is -0.115. The Morgan fingerprint density at radius 3 is 2.53 bits per heavy atom. The number of amides is 1. The number of hydrogen-bond acceptors (Lipinski definition) is 6. The fourth-order valence-corrected chi connectivity index (χ4v) is 6.13. The molecule has 0 atom stereocenters. The Labute approximate surface area is 202 Å². The average molecular weight is 487 g/mol. The van der Waals surface area contributed by atoms with Gasteiger partial charge in [0, 0.05) is 38.4 Å². The topological polar surface area (TPSA) is 82.2 Å². The lowest BCUT2D eigenvalue weighted by atomic mass is 10.0. The van der Waals surface area contributed by atoms with Crippen LogP contribution in [0.1, 0.15) is 25.8 Å². The highest BCUT2D eigenvalue weighted by Gasteiger charge is 2.28. The Hall–Kier alpha value is -2.62. The number of morpholine rings is 1. The number of carbonyl (C=O) groups excluding carboxylic acids is 1. The normalized spacial score (nSPS) is 16.7. The average Bonchev–Trinajstić information content (AvgIpc) is 2.86. The summed E-state index contributed by atoms with van der Waals surface area (Å²) in [5.41, 5.74) is 3.69. The van der Waals surface area contributed by atoms with E-state index in [1.165, 1.54) is 9.87 Å². The van der Waals surface area contributed by atoms with Crippen molar-refractivity contribution in [1.29, 1.82) is 0 Å². The summed E-state index contributed by atoms with van der Waals surface area (Å²) >= 11 is 0. The summed E-state index contributed by atoms with van der Waals surface area (Å²) < 4.78 is 33.2. The van der Waals surface area contributed by atoms with Crippen molar-refractivity contribution in [3.05, 3.63) is 48.0 Å². The number of carbonyl (C=O) groups is 1. The van der Waals surface area contributed by atoms with Crippen LogP contribution in [0, 0.1) is 0 Å². The van der Waals surface area contributed by atoms with Crippen LogP contribution in [0.15, 0.2) is 47.4 Å². The molecule has 2 aromatic rings. The molecule has 1 saturated heterocycles. The molecule has 1 amide bonds. The highest BCUT2D eigenvalue weighted by atomic mass is 32.2. The van der Waals surface area contributed by atoms with Crippen LogP contribution in [0.3, 0.4) is 0 Å². The van der Waals surface area contributed by atoms with Gasteiger partial charge in [0.15, 0.2) is 0 Å². The molecule has 9 heteroatoms. The maximum Gasteiger partial charge on any atom is 0.243 e. The Morgan fingerprint density at radius 2 is 1.79 bits per heavy atom. The molecule has 0 bridgehead atoms. The molecule has 2 heterocycles. The van der Waals surface area contributed by atoms with Gasteiger partial charge in [0.05, 0.1) is 36.0 Å². The number of anilines is 3. The highest BCUT2D eigenvalue weighted by Crippen LogP contribution is 2.31. The van der Waals surface area contributed by atoms with Gasteiger partial charge in [-0.1, -0.05) is 18.2 Å². The summed E-state index contributed by atoms with van der Waals surface area (Å²) in [6.07, 6.45) is 2.02. The maximum atomic E-state index is 13.2. The summed E-state index contributed by atoms with van der Waals surface area (Å²) in [4.78, 5) is 17.5. The van der Waals surface area contributed by atoms with Crippen molar-refractivity contribution in [3.8, 4) is 0 Å². The third-order valence-electron chi connectivity index (χ3n) is 6.49. The van der Waals surface area contributed by atoms with Gasteiger partial charge in [-0.15, -0.1) is 0 Å². The van der Waals surface area contributed by atoms with Crippen LogP contribution in [0.5, 0.6) is 0 Å². The number of aryl methyl sites for hydroxylation is 1. The smallest absolute Gasteiger partial charge is 0.243 e. The van der Waals surface area contributed by atoms with E-state index >= 15 is 0 Å². The number of sulfonamides is 1. The van der Waals surface area contributed by atoms with Crippen molar-refractivity contribution in [2.24, 2.45) is 0 Å². The van der Waals surface area contributed by atoms with Crippen LogP contribution in [-0.4, -0.2) is 71.1 Å². The number of nitrogens with one attached hydrogen (secondary N) is 1. The number of nitrogens with zero attached hydrogens (tertiary/aromatic N) is 3. The number of hydrogen-bond donors (Lipinski definition) is 1. The molecule has 1 N–H and O–H groups in total. The van der Waals surface area contributed by atoms with Gasteiger partial charge in [-0.05, 0) is 56.5 Å². The largest absolute Gasteiger partial charge is 0.379 e. The first-order chi connectivity index (χ1) is 16.4. The first kappa shape index (κ1) is 24.5. The van der Waals surface area contributed by atoms with Crippen molar-refractivity contribution < 1.29 is 17.9 Å². The zero-order valence-corrected chi connectivity index (χ0v) is 20.8. The number of benzene rings is 2. The number of ether oxygens (including phenoxy) is 1. The van der Waals surface area contributed by atoms with Crippen molar-refractivity contribution in [3.63, 3.8) is 0 Å². The maximum absolute atomic E-state index is 13.2. The molecule has 4 rings (SSSR count). The molecule has 1 fully saturated rings. The summed E-state index contributed by atoms with van der Waals surface area (Å²) in [6.45, 7) is 8.04. The van der Waals surface area contributed by atoms with E-state index in [2.05, 4.69) is 27.2 Å². The van der Waals surface area contributed by atoms with E-state index in [4.69, 9.17) is 4.74 Å². The molecule has 0 radical (unpaired) electrons. The van der Waals surface area contributed by atoms with E-state index in [-0.39, 0.29) is 17.3 Å². The van der Waals surface area contributed by atoms with Gasteiger partial charge in [0.1, 0.15) is 0 Å². The Bertz CT molecular complexity index is 1110. The van der Waals surface area contributed by atoms with Crippen molar-refractivity contribution in [2.45, 2.75) is 31.6 Å². The fourth-order valence-electron chi connectivity index (χ4n) is 4.69. The quantitative estimate of drug-likeness (QED) is 0.618. The first-order valence-electron chi connectivity index (χ1n) is 12.0. The van der Waals surface area contributed by atoms with E-state index in [1.807, 2.05) is 26.0 Å². The minimum atomic E-state index is -3.67. The summed E-state index contributed by atoms with van der Waals surface area (Å²) in [5, 5.41) is 3.02. The van der Waals surface area contributed by atoms with Gasteiger partial charge in [0.2, 0.25) is 15.9 Å². The number of fused-ring (bicyclic) bond motifs is 1. The van der Waals surface area contributed by atoms with E-state index in [9.17, 15) is 13.2 Å². The second-order valence-corrected chi connectivity index (χ2v) is 10.5. The molecule has 0 unspecified atom stereocenters. The standard InChI is InChI=1S/C25H34N4O4S/c1-3-27(4-2)24-12-11-21(34(31,32)29-14-16-33-17-15-29)18-22(24)26-25(30)19-28-13-7-9-20-8-5-6-10-23(20)28/h5-6,8,10-12,18H,3-4,7,9,13-17,19H2,1-2H3,(H,26,30). The second-order valence-electron chi connectivity index (χ2n) is 8.57. The van der Waals surface area contributed by atoms with E-state index < -0.39 is 10.0 Å². The van der Waals surface area contributed by atoms with Gasteiger partial charge in [-0.25, -0.2) is 8.42 Å². The predicted octanol–water partition coefficient (Wildman–Crippen LogP) is 2.95. The molecule has 184 valence electrons. The monoisotopic (exact) mass is 486 g/mol. The third-order valence-corrected chi connectivity index (χ3v) is 8.39. The third kappa shape index (κ3) is 5.21. The van der Waals surface area contributed by atoms with E-state index in [0.29, 0.717) is 32.0 Å². The Morgan fingerprint density at radius 1 is 1.06 bits per heavy atom. The molecule has 2 aliphatic heterocycles. The van der Waals surface area contributed by atoms with Crippen molar-refractivity contribution in [2.75, 3.05) is 67.6 Å². The van der Waals surface area contributed by atoms with Gasteiger partial charge in [-0.3, -0.25) is 4.79 Å². The van der Waals surface area contributed by atoms with Crippen LogP contribution >= 0.6 is 0 Å². The van der Waals surface area contributed by atoms with Crippen LogP contribution in [0.2, 0.25) is 0 Å². The van der Waals surface area contributed by atoms with Gasteiger partial charge < -0.3 is 19.9 Å². The molecular weight excluding hydrogens is 452 g/mol. The molecule has 0 saturated carbocycles. The lowest BCUT2D eigenvalue weighted by Crippen LogP contribution is -2.40. The zero-order valence-electron chi connectivity index (χ0n) is 20.0. The molecule has 2 aliphatic rings. The molecular formula is C25H34N4O4S. The van der Waals surface area contributed by atoms with Gasteiger partial charge in [-0.2, -0.15) is 4.31 Å². The Kier molecular flexibility index (Phi) is 7.75. The minimum Gasteiger partial charge on any atom is -0.379 e. The van der Waals surface area contributed by atoms with Crippen molar-refractivity contribution >= 4 is 33.0 Å². The molecule has 34 heavy (non-hydrogen) atoms. The Balaban J connectivity index is 1.60. The predicted molar refractivity (Wildman–Crippen MR) is 135 cm³/mol. The molecule has 0 spiro atoms. The summed E-state index contributed by atoms with van der Waals surface area (Å²) in [5.74, 6) is -0.161. The highest BCUT2D eigenvalue weighted by molar-refractivity contribution is 7.89. The van der Waals surface area contributed by atoms with Gasteiger partial charge >= 0.3 is 0 Å². The first-order valence-corrected chi connectivity index (χ1v) is 13.5. The van der Waals surface area contributed by atoms with Crippen LogP contribution in [0.4, 0.5) is 17.1 Å². The van der Waals surface area contributed by atoms with Crippen LogP contribution in [-0.2, 0) is 26.0 Å². The minimum absolute atomic E-state index is 0.161. The molecule has 2 aromatic carbocycles. The second kappa shape index (κ2) is 10.8. The SMILES string of the molecule is CCN(CC)c1ccc(S(=O)(=O)N2CCOCC2)cc1NC(=O)CN1CCCc2ccccc21. The van der Waals surface area contributed by atoms with E-state index in [0.717, 1.165) is 43.9 Å². The van der Waals surface area contributed by atoms with Crippen LogP contribution in [0.25, 0.3) is 0 Å². The summed E-state index contributed by atoms with van der Waals surface area (Å²) in [7, 11) is -3.67. The number of rotatable bonds is 8. The van der Waals surface area contributed by atoms with E-state index in [1.54, 1.807) is 18.2 Å². The van der Waals surface area contributed by atoms with Crippen molar-refractivity contribution in [1.82, 2.24) is 4.31 Å². The molecule has 0 aliphatic carbocycles. The number of para-hydroxylation sites is 1. The fraction of sp³-hybridized carbons (Fsp3) is 0.480. The zero-order chi connectivity index (χ0) is 24.1. The summed E-state index contributed by atoms with van der Waals surface area (Å²) in [6, 6.07) is 13.2. The molecule has 0 aromatic heterocycles. The molecule has 8 nitrogen and oxygen atoms in total.